The van der Waals surface area contributed by atoms with Crippen LogP contribution in [0, 0.1) is 12.8 Å². The molecule has 1 aromatic carbocycles. The van der Waals surface area contributed by atoms with Crippen molar-refractivity contribution in [2.45, 2.75) is 39.0 Å². The molecule has 0 spiro atoms. The molecule has 4 nitrogen and oxygen atoms in total. The minimum absolute atomic E-state index is 0.188. The second-order valence-corrected chi connectivity index (χ2v) is 5.91. The Kier molecular flexibility index (Phi) is 5.37. The average Bonchev–Trinajstić information content (AvgIpc) is 2.93. The number of rotatable bonds is 6. The highest BCUT2D eigenvalue weighted by molar-refractivity contribution is 5.76. The Balaban J connectivity index is 1.74. The predicted molar refractivity (Wildman–Crippen MR) is 81.1 cm³/mol. The standard InChI is InChI=1S/C17H23NO3/c1-13-2-4-14(5-3-13)6-8-16(19)18-11-10-15(12-18)7-9-17(20)21/h2-5,15H,6-12H2,1H3,(H,20,21). The number of carbonyl (C=O) groups is 2. The Morgan fingerprint density at radius 1 is 1.24 bits per heavy atom. The third-order valence-electron chi connectivity index (χ3n) is 4.15. The molecule has 1 N–H and O–H groups in total. The molecule has 1 atom stereocenters. The number of benzene rings is 1. The van der Waals surface area contributed by atoms with Gasteiger partial charge in [-0.15, -0.1) is 0 Å². The third kappa shape index (κ3) is 4.88. The molecular formula is C17H23NO3. The van der Waals surface area contributed by atoms with E-state index in [0.29, 0.717) is 18.8 Å². The Morgan fingerprint density at radius 2 is 1.95 bits per heavy atom. The van der Waals surface area contributed by atoms with Gasteiger partial charge in [-0.25, -0.2) is 0 Å². The van der Waals surface area contributed by atoms with E-state index >= 15 is 0 Å². The maximum Gasteiger partial charge on any atom is 0.303 e. The first-order chi connectivity index (χ1) is 10.0. The minimum atomic E-state index is -0.751. The molecule has 0 saturated carbocycles. The summed E-state index contributed by atoms with van der Waals surface area (Å²) in [5.74, 6) is -0.211. The van der Waals surface area contributed by atoms with E-state index in [2.05, 4.69) is 31.2 Å². The molecule has 4 heteroatoms. The molecule has 1 amide bonds. The van der Waals surface area contributed by atoms with Crippen molar-refractivity contribution in [3.05, 3.63) is 35.4 Å². The summed E-state index contributed by atoms with van der Waals surface area (Å²) < 4.78 is 0. The van der Waals surface area contributed by atoms with Crippen LogP contribution >= 0.6 is 0 Å². The van der Waals surface area contributed by atoms with Crippen LogP contribution in [0.4, 0.5) is 0 Å². The van der Waals surface area contributed by atoms with Gasteiger partial charge in [-0.05, 0) is 37.7 Å². The van der Waals surface area contributed by atoms with E-state index in [-0.39, 0.29) is 12.3 Å². The van der Waals surface area contributed by atoms with E-state index in [0.717, 1.165) is 25.9 Å². The van der Waals surface area contributed by atoms with Gasteiger partial charge in [0.05, 0.1) is 0 Å². The zero-order valence-electron chi connectivity index (χ0n) is 12.5. The number of carboxylic acids is 1. The smallest absolute Gasteiger partial charge is 0.303 e. The van der Waals surface area contributed by atoms with Crippen molar-refractivity contribution in [3.8, 4) is 0 Å². The normalized spacial score (nSPS) is 18.0. The molecule has 1 unspecified atom stereocenters. The van der Waals surface area contributed by atoms with Crippen LogP contribution in [0.25, 0.3) is 0 Å². The summed E-state index contributed by atoms with van der Waals surface area (Å²) in [6.07, 6.45) is 3.13. The van der Waals surface area contributed by atoms with Crippen molar-refractivity contribution < 1.29 is 14.7 Å². The number of likely N-dealkylation sites (tertiary alicyclic amines) is 1. The molecular weight excluding hydrogens is 266 g/mol. The molecule has 1 saturated heterocycles. The highest BCUT2D eigenvalue weighted by Gasteiger charge is 2.26. The molecule has 0 aromatic heterocycles. The Hall–Kier alpha value is -1.84. The largest absolute Gasteiger partial charge is 0.481 e. The van der Waals surface area contributed by atoms with Crippen LogP contribution in [0.3, 0.4) is 0 Å². The molecule has 1 aliphatic rings. The fourth-order valence-corrected chi connectivity index (χ4v) is 2.79. The van der Waals surface area contributed by atoms with E-state index in [9.17, 15) is 9.59 Å². The van der Waals surface area contributed by atoms with E-state index in [1.165, 1.54) is 11.1 Å². The first-order valence-electron chi connectivity index (χ1n) is 7.59. The number of nitrogens with zero attached hydrogens (tertiary/aromatic N) is 1. The van der Waals surface area contributed by atoms with Gasteiger partial charge in [-0.1, -0.05) is 29.8 Å². The van der Waals surface area contributed by atoms with Crippen LogP contribution < -0.4 is 0 Å². The van der Waals surface area contributed by atoms with Crippen molar-refractivity contribution in [1.29, 1.82) is 0 Å². The third-order valence-corrected chi connectivity index (χ3v) is 4.15. The van der Waals surface area contributed by atoms with Crippen LogP contribution in [-0.4, -0.2) is 35.0 Å². The number of hydrogen-bond donors (Lipinski definition) is 1. The average molecular weight is 289 g/mol. The summed E-state index contributed by atoms with van der Waals surface area (Å²) in [5.41, 5.74) is 2.42. The molecule has 0 aliphatic carbocycles. The summed E-state index contributed by atoms with van der Waals surface area (Å²) in [5, 5.41) is 8.70. The van der Waals surface area contributed by atoms with Gasteiger partial charge in [0.15, 0.2) is 0 Å². The lowest BCUT2D eigenvalue weighted by Crippen LogP contribution is -2.28. The van der Waals surface area contributed by atoms with Gasteiger partial charge in [0.25, 0.3) is 0 Å². The Morgan fingerprint density at radius 3 is 2.62 bits per heavy atom. The molecule has 1 fully saturated rings. The first kappa shape index (κ1) is 15.5. The van der Waals surface area contributed by atoms with Crippen LogP contribution in [0.2, 0.25) is 0 Å². The molecule has 2 rings (SSSR count). The lowest BCUT2D eigenvalue weighted by Gasteiger charge is -2.16. The molecule has 21 heavy (non-hydrogen) atoms. The van der Waals surface area contributed by atoms with Gasteiger partial charge in [0.2, 0.25) is 5.91 Å². The molecule has 1 aliphatic heterocycles. The SMILES string of the molecule is Cc1ccc(CCC(=O)N2CCC(CCC(=O)O)C2)cc1. The van der Waals surface area contributed by atoms with Gasteiger partial charge < -0.3 is 10.0 Å². The fourth-order valence-electron chi connectivity index (χ4n) is 2.79. The van der Waals surface area contributed by atoms with Gasteiger partial charge in [-0.3, -0.25) is 9.59 Å². The monoisotopic (exact) mass is 289 g/mol. The predicted octanol–water partition coefficient (Wildman–Crippen LogP) is 2.64. The van der Waals surface area contributed by atoms with Gasteiger partial charge in [0.1, 0.15) is 0 Å². The van der Waals surface area contributed by atoms with Crippen LogP contribution in [0.15, 0.2) is 24.3 Å². The number of carboxylic acid groups (broad SMARTS) is 1. The van der Waals surface area contributed by atoms with Crippen LogP contribution in [-0.2, 0) is 16.0 Å². The van der Waals surface area contributed by atoms with Gasteiger partial charge in [0, 0.05) is 25.9 Å². The van der Waals surface area contributed by atoms with Crippen LogP contribution in [0.1, 0.15) is 36.8 Å². The summed E-state index contributed by atoms with van der Waals surface area (Å²) in [6, 6.07) is 8.28. The maximum atomic E-state index is 12.2. The van der Waals surface area contributed by atoms with Crippen molar-refractivity contribution in [2.24, 2.45) is 5.92 Å². The number of hydrogen-bond acceptors (Lipinski definition) is 2. The second kappa shape index (κ2) is 7.25. The molecule has 1 heterocycles. The van der Waals surface area contributed by atoms with E-state index in [4.69, 9.17) is 5.11 Å². The summed E-state index contributed by atoms with van der Waals surface area (Å²) in [7, 11) is 0. The number of carbonyl (C=O) groups excluding carboxylic acids is 1. The van der Waals surface area contributed by atoms with E-state index in [1.54, 1.807) is 0 Å². The van der Waals surface area contributed by atoms with Crippen molar-refractivity contribution in [1.82, 2.24) is 4.90 Å². The van der Waals surface area contributed by atoms with E-state index in [1.807, 2.05) is 4.90 Å². The zero-order chi connectivity index (χ0) is 15.2. The fraction of sp³-hybridized carbons (Fsp3) is 0.529. The lowest BCUT2D eigenvalue weighted by atomic mass is 10.0. The molecule has 1 aromatic rings. The Labute approximate surface area is 125 Å². The molecule has 114 valence electrons. The van der Waals surface area contributed by atoms with Crippen molar-refractivity contribution >= 4 is 11.9 Å². The second-order valence-electron chi connectivity index (χ2n) is 5.91. The summed E-state index contributed by atoms with van der Waals surface area (Å²) in [6.45, 7) is 3.55. The van der Waals surface area contributed by atoms with E-state index < -0.39 is 5.97 Å². The van der Waals surface area contributed by atoms with Crippen LogP contribution in [0.5, 0.6) is 0 Å². The summed E-state index contributed by atoms with van der Waals surface area (Å²) >= 11 is 0. The quantitative estimate of drug-likeness (QED) is 0.876. The number of aryl methyl sites for hydroxylation is 2. The summed E-state index contributed by atoms with van der Waals surface area (Å²) in [4.78, 5) is 24.6. The maximum absolute atomic E-state index is 12.2. The Bertz CT molecular complexity index is 495. The first-order valence-corrected chi connectivity index (χ1v) is 7.59. The van der Waals surface area contributed by atoms with Gasteiger partial charge >= 0.3 is 5.97 Å². The topological polar surface area (TPSA) is 57.6 Å². The number of amides is 1. The highest BCUT2D eigenvalue weighted by atomic mass is 16.4. The van der Waals surface area contributed by atoms with Crippen molar-refractivity contribution in [2.75, 3.05) is 13.1 Å². The lowest BCUT2D eigenvalue weighted by molar-refractivity contribution is -0.137. The van der Waals surface area contributed by atoms with Crippen molar-refractivity contribution in [3.63, 3.8) is 0 Å². The molecule has 0 bridgehead atoms. The minimum Gasteiger partial charge on any atom is -0.481 e. The highest BCUT2D eigenvalue weighted by Crippen LogP contribution is 2.22. The zero-order valence-corrected chi connectivity index (χ0v) is 12.5. The van der Waals surface area contributed by atoms with Gasteiger partial charge in [-0.2, -0.15) is 0 Å². The molecule has 0 radical (unpaired) electrons. The number of aliphatic carboxylic acids is 1.